The molecule has 0 amide bonds. The maximum atomic E-state index is 13.4. The van der Waals surface area contributed by atoms with Crippen molar-refractivity contribution < 1.29 is 17.2 Å². The Hall–Kier alpha value is -4.29. The highest BCUT2D eigenvalue weighted by Gasteiger charge is 2.24. The molecule has 0 spiro atoms. The largest absolute Gasteiger partial charge is 0.363 e. The molecule has 182 valence electrons. The number of aromatic nitrogens is 5. The van der Waals surface area contributed by atoms with Crippen molar-refractivity contribution in [1.82, 2.24) is 24.6 Å². The zero-order valence-electron chi connectivity index (χ0n) is 18.6. The van der Waals surface area contributed by atoms with E-state index in [1.54, 1.807) is 16.9 Å². The average molecular weight is 508 g/mol. The second-order valence-corrected chi connectivity index (χ2v) is 9.33. The van der Waals surface area contributed by atoms with Crippen LogP contribution in [0.2, 0.25) is 0 Å². The van der Waals surface area contributed by atoms with Gasteiger partial charge < -0.3 is 5.32 Å². The molecule has 0 bridgehead atoms. The smallest absolute Gasteiger partial charge is 0.281 e. The van der Waals surface area contributed by atoms with E-state index in [0.29, 0.717) is 17.9 Å². The molecule has 0 aliphatic heterocycles. The summed E-state index contributed by atoms with van der Waals surface area (Å²) in [6.45, 7) is 0.345. The van der Waals surface area contributed by atoms with Crippen molar-refractivity contribution in [2.24, 2.45) is 5.14 Å². The van der Waals surface area contributed by atoms with E-state index in [4.69, 9.17) is 5.14 Å². The molecule has 9 nitrogen and oxygen atoms in total. The van der Waals surface area contributed by atoms with Crippen LogP contribution in [-0.2, 0) is 16.6 Å². The number of pyridine rings is 2. The van der Waals surface area contributed by atoms with Crippen LogP contribution in [0.15, 0.2) is 84.1 Å². The maximum absolute atomic E-state index is 13.4. The fourth-order valence-corrected chi connectivity index (χ4v) is 4.49. The molecule has 0 unspecified atom stereocenters. The van der Waals surface area contributed by atoms with Crippen molar-refractivity contribution in [3.05, 3.63) is 90.6 Å². The summed E-state index contributed by atoms with van der Waals surface area (Å²) in [4.78, 5) is 11.8. The van der Waals surface area contributed by atoms with Gasteiger partial charge in [-0.2, -0.15) is 0 Å². The molecule has 4 aromatic heterocycles. The van der Waals surface area contributed by atoms with Crippen LogP contribution in [0, 0.1) is 0 Å². The Kier molecular flexibility index (Phi) is 6.12. The summed E-state index contributed by atoms with van der Waals surface area (Å²) in [5.74, 6) is 0.504. The number of hydrogen-bond acceptors (Lipinski definition) is 7. The molecular weight excluding hydrogens is 488 g/mol. The second kappa shape index (κ2) is 9.40. The van der Waals surface area contributed by atoms with Crippen LogP contribution in [0.4, 0.5) is 14.6 Å². The van der Waals surface area contributed by atoms with E-state index in [0.717, 1.165) is 29.1 Å². The molecule has 1 aromatic carbocycles. The maximum Gasteiger partial charge on any atom is 0.281 e. The highest BCUT2D eigenvalue weighted by Crippen LogP contribution is 2.32. The highest BCUT2D eigenvalue weighted by molar-refractivity contribution is 7.89. The molecule has 4 heterocycles. The van der Waals surface area contributed by atoms with E-state index in [-0.39, 0.29) is 11.4 Å². The summed E-state index contributed by atoms with van der Waals surface area (Å²) in [5.41, 5.74) is 2.43. The highest BCUT2D eigenvalue weighted by atomic mass is 32.2. The molecule has 0 saturated carbocycles. The van der Waals surface area contributed by atoms with Crippen LogP contribution in [0.1, 0.15) is 17.8 Å². The first-order chi connectivity index (χ1) is 17.3. The molecule has 12 heteroatoms. The number of rotatable bonds is 7. The summed E-state index contributed by atoms with van der Waals surface area (Å²) >= 11 is 0. The van der Waals surface area contributed by atoms with Gasteiger partial charge in [0.2, 0.25) is 10.0 Å². The minimum Gasteiger partial charge on any atom is -0.363 e. The van der Waals surface area contributed by atoms with Crippen molar-refractivity contribution in [2.45, 2.75) is 17.9 Å². The van der Waals surface area contributed by atoms with Gasteiger partial charge in [0.05, 0.1) is 12.2 Å². The number of benzene rings is 1. The van der Waals surface area contributed by atoms with Gasteiger partial charge in [0.1, 0.15) is 16.1 Å². The quantitative estimate of drug-likeness (QED) is 0.340. The first kappa shape index (κ1) is 23.5. The molecule has 0 atom stereocenters. The number of nitrogens with zero attached hydrogens (tertiary/aromatic N) is 5. The Bertz CT molecular complexity index is 1640. The van der Waals surface area contributed by atoms with Crippen LogP contribution < -0.4 is 10.5 Å². The van der Waals surface area contributed by atoms with Gasteiger partial charge in [-0.05, 0) is 29.8 Å². The van der Waals surface area contributed by atoms with Gasteiger partial charge in [-0.15, -0.1) is 5.10 Å². The molecule has 0 fully saturated rings. The molecule has 5 aromatic rings. The van der Waals surface area contributed by atoms with Crippen LogP contribution in [-0.4, -0.2) is 33.0 Å². The normalized spacial score (nSPS) is 11.8. The zero-order chi connectivity index (χ0) is 25.3. The monoisotopic (exact) mass is 507 g/mol. The lowest BCUT2D eigenvalue weighted by Gasteiger charge is -2.12. The van der Waals surface area contributed by atoms with Gasteiger partial charge in [-0.3, -0.25) is 9.97 Å². The molecule has 0 saturated heterocycles. The van der Waals surface area contributed by atoms with Gasteiger partial charge >= 0.3 is 0 Å². The van der Waals surface area contributed by atoms with Gasteiger partial charge in [0.25, 0.3) is 6.43 Å². The van der Waals surface area contributed by atoms with E-state index >= 15 is 0 Å². The van der Waals surface area contributed by atoms with Crippen LogP contribution in [0.3, 0.4) is 0 Å². The van der Waals surface area contributed by atoms with E-state index in [1.165, 1.54) is 0 Å². The Morgan fingerprint density at radius 2 is 1.78 bits per heavy atom. The fourth-order valence-electron chi connectivity index (χ4n) is 3.77. The summed E-state index contributed by atoms with van der Waals surface area (Å²) in [6.07, 6.45) is 1.39. The summed E-state index contributed by atoms with van der Waals surface area (Å²) in [7, 11) is -4.47. The van der Waals surface area contributed by atoms with E-state index in [2.05, 4.69) is 25.4 Å². The molecule has 36 heavy (non-hydrogen) atoms. The molecule has 0 aliphatic carbocycles. The number of halogens is 2. The standard InChI is InChI=1S/C24H19F2N7O2S/c25-22(26)20-19(36(27,34)35)12-16(13-29-20)23-31-24(30-14-17-8-4-5-10-28-17)21-18(9-11-33(21)32-23)15-6-2-1-3-7-15/h1-13,22H,14H2,(H2,27,34,35)(H,30,31,32). The summed E-state index contributed by atoms with van der Waals surface area (Å²) in [5, 5.41) is 12.9. The first-order valence-corrected chi connectivity index (χ1v) is 12.3. The van der Waals surface area contributed by atoms with Crippen molar-refractivity contribution >= 4 is 21.4 Å². The SMILES string of the molecule is NS(=O)(=O)c1cc(-c2nc(NCc3ccccn3)c3c(-c4ccccc4)ccn3n2)cnc1C(F)F. The number of sulfonamides is 1. The third kappa shape index (κ3) is 4.63. The Balaban J connectivity index is 1.67. The Morgan fingerprint density at radius 1 is 1.00 bits per heavy atom. The first-order valence-electron chi connectivity index (χ1n) is 10.7. The molecule has 0 radical (unpaired) electrons. The van der Waals surface area contributed by atoms with Gasteiger partial charge in [-0.25, -0.2) is 31.8 Å². The lowest BCUT2D eigenvalue weighted by atomic mass is 10.1. The van der Waals surface area contributed by atoms with Crippen molar-refractivity contribution in [3.63, 3.8) is 0 Å². The van der Waals surface area contributed by atoms with Gasteiger partial charge in [0, 0.05) is 29.7 Å². The third-order valence-corrected chi connectivity index (χ3v) is 6.35. The minimum absolute atomic E-state index is 0.0689. The van der Waals surface area contributed by atoms with E-state index < -0.39 is 27.0 Å². The van der Waals surface area contributed by atoms with Crippen LogP contribution in [0.5, 0.6) is 0 Å². The lowest BCUT2D eigenvalue weighted by Crippen LogP contribution is -2.16. The fraction of sp³-hybridized carbons (Fsp3) is 0.0833. The average Bonchev–Trinajstić information content (AvgIpc) is 3.32. The van der Waals surface area contributed by atoms with Gasteiger partial charge in [-0.1, -0.05) is 36.4 Å². The van der Waals surface area contributed by atoms with Gasteiger partial charge in [0.15, 0.2) is 11.6 Å². The Morgan fingerprint density at radius 3 is 2.47 bits per heavy atom. The van der Waals surface area contributed by atoms with Crippen LogP contribution >= 0.6 is 0 Å². The molecule has 3 N–H and O–H groups in total. The molecule has 5 rings (SSSR count). The molecule has 0 aliphatic rings. The van der Waals surface area contributed by atoms with E-state index in [1.807, 2.05) is 54.6 Å². The van der Waals surface area contributed by atoms with Crippen molar-refractivity contribution in [1.29, 1.82) is 0 Å². The zero-order valence-corrected chi connectivity index (χ0v) is 19.4. The van der Waals surface area contributed by atoms with Crippen LogP contribution in [0.25, 0.3) is 28.0 Å². The predicted octanol–water partition coefficient (Wildman–Crippen LogP) is 4.05. The number of nitrogens with one attached hydrogen (secondary N) is 1. The second-order valence-electron chi connectivity index (χ2n) is 7.80. The molecular formula is C24H19F2N7O2S. The number of hydrogen-bond donors (Lipinski definition) is 2. The number of alkyl halides is 2. The van der Waals surface area contributed by atoms with Crippen molar-refractivity contribution in [3.8, 4) is 22.5 Å². The summed E-state index contributed by atoms with van der Waals surface area (Å²) in [6, 6.07) is 18.1. The summed E-state index contributed by atoms with van der Waals surface area (Å²) < 4.78 is 52.3. The Labute approximate surface area is 204 Å². The minimum atomic E-state index is -4.47. The lowest BCUT2D eigenvalue weighted by molar-refractivity contribution is 0.142. The topological polar surface area (TPSA) is 128 Å². The van der Waals surface area contributed by atoms with E-state index in [9.17, 15) is 17.2 Å². The number of fused-ring (bicyclic) bond motifs is 1. The predicted molar refractivity (Wildman–Crippen MR) is 130 cm³/mol. The third-order valence-electron chi connectivity index (χ3n) is 5.41. The number of anilines is 1. The number of primary sulfonamides is 1. The van der Waals surface area contributed by atoms with Crippen molar-refractivity contribution in [2.75, 3.05) is 5.32 Å². The number of nitrogens with two attached hydrogens (primary N) is 1.